The minimum Gasteiger partial charge on any atom is -0.324 e. The summed E-state index contributed by atoms with van der Waals surface area (Å²) in [4.78, 5) is 27.8. The first-order chi connectivity index (χ1) is 11.1. The number of thioether (sulfide) groups is 1. The lowest BCUT2D eigenvalue weighted by Gasteiger charge is -2.23. The van der Waals surface area contributed by atoms with Crippen molar-refractivity contribution in [1.29, 1.82) is 0 Å². The Morgan fingerprint density at radius 2 is 2.09 bits per heavy atom. The third-order valence-corrected chi connectivity index (χ3v) is 5.70. The van der Waals surface area contributed by atoms with E-state index in [1.807, 2.05) is 48.7 Å². The molecule has 1 aliphatic heterocycles. The molecule has 6 heteroatoms. The lowest BCUT2D eigenvalue weighted by atomic mass is 10.2. The second-order valence-corrected chi connectivity index (χ2v) is 7.47. The van der Waals surface area contributed by atoms with Crippen LogP contribution in [0.4, 0.5) is 5.69 Å². The lowest BCUT2D eigenvalue weighted by Crippen LogP contribution is -2.45. The number of hydrogen-bond acceptors (Lipinski definition) is 4. The van der Waals surface area contributed by atoms with Gasteiger partial charge in [0.05, 0.1) is 12.3 Å². The van der Waals surface area contributed by atoms with Gasteiger partial charge < -0.3 is 10.2 Å². The summed E-state index contributed by atoms with van der Waals surface area (Å²) < 4.78 is 0. The van der Waals surface area contributed by atoms with Crippen molar-refractivity contribution in [3.05, 3.63) is 52.2 Å². The molecule has 1 saturated heterocycles. The Morgan fingerprint density at radius 1 is 1.26 bits per heavy atom. The number of carbonyl (C=O) groups excluding carboxylic acids is 2. The van der Waals surface area contributed by atoms with Crippen molar-refractivity contribution in [3.63, 3.8) is 0 Å². The van der Waals surface area contributed by atoms with Crippen LogP contribution in [0.25, 0.3) is 0 Å². The molecule has 2 aromatic rings. The van der Waals surface area contributed by atoms with E-state index in [-0.39, 0.29) is 11.8 Å². The highest BCUT2D eigenvalue weighted by Gasteiger charge is 2.34. The summed E-state index contributed by atoms with van der Waals surface area (Å²) in [5.74, 6) is 1.13. The third-order valence-electron chi connectivity index (χ3n) is 3.81. The molecule has 23 heavy (non-hydrogen) atoms. The molecular weight excluding hydrogens is 328 g/mol. The lowest BCUT2D eigenvalue weighted by molar-refractivity contribution is -0.135. The van der Waals surface area contributed by atoms with Crippen LogP contribution in [0.2, 0.25) is 0 Å². The van der Waals surface area contributed by atoms with E-state index in [4.69, 9.17) is 0 Å². The number of nitrogens with one attached hydrogen (secondary N) is 1. The number of carbonyl (C=O) groups is 2. The van der Waals surface area contributed by atoms with Gasteiger partial charge in [-0.1, -0.05) is 24.3 Å². The molecule has 2 amide bonds. The first kappa shape index (κ1) is 16.1. The van der Waals surface area contributed by atoms with Crippen molar-refractivity contribution in [2.24, 2.45) is 0 Å². The molecule has 1 N–H and O–H groups in total. The van der Waals surface area contributed by atoms with Crippen LogP contribution in [0.1, 0.15) is 10.4 Å². The van der Waals surface area contributed by atoms with Crippen LogP contribution < -0.4 is 5.32 Å². The third kappa shape index (κ3) is 3.76. The summed E-state index contributed by atoms with van der Waals surface area (Å²) >= 11 is 3.19. The number of anilines is 1. The van der Waals surface area contributed by atoms with Gasteiger partial charge in [-0.25, -0.2) is 0 Å². The molecule has 0 spiro atoms. The maximum absolute atomic E-state index is 12.6. The molecule has 2 heterocycles. The zero-order valence-corrected chi connectivity index (χ0v) is 14.5. The van der Waals surface area contributed by atoms with Crippen molar-refractivity contribution >= 4 is 40.6 Å². The van der Waals surface area contributed by atoms with E-state index in [1.165, 1.54) is 0 Å². The van der Waals surface area contributed by atoms with Crippen LogP contribution >= 0.6 is 23.1 Å². The van der Waals surface area contributed by atoms with E-state index in [9.17, 15) is 9.59 Å². The fraction of sp³-hybridized carbons (Fsp3) is 0.294. The van der Waals surface area contributed by atoms with Gasteiger partial charge in [0, 0.05) is 16.3 Å². The molecule has 0 bridgehead atoms. The number of amides is 2. The van der Waals surface area contributed by atoms with Gasteiger partial charge in [-0.2, -0.15) is 0 Å². The van der Waals surface area contributed by atoms with Crippen LogP contribution in [-0.4, -0.2) is 34.4 Å². The molecule has 4 nitrogen and oxygen atoms in total. The largest absolute Gasteiger partial charge is 0.324 e. The molecule has 1 aromatic heterocycles. The summed E-state index contributed by atoms with van der Waals surface area (Å²) in [6, 6.07) is 11.2. The molecule has 0 radical (unpaired) electrons. The maximum Gasteiger partial charge on any atom is 0.248 e. The summed E-state index contributed by atoms with van der Waals surface area (Å²) in [6.45, 7) is 1.96. The zero-order chi connectivity index (χ0) is 16.2. The van der Waals surface area contributed by atoms with E-state index in [1.54, 1.807) is 28.0 Å². The monoisotopic (exact) mass is 346 g/mol. The van der Waals surface area contributed by atoms with Gasteiger partial charge in [0.2, 0.25) is 11.8 Å². The molecule has 1 fully saturated rings. The first-order valence-corrected chi connectivity index (χ1v) is 9.44. The summed E-state index contributed by atoms with van der Waals surface area (Å²) in [5.41, 5.74) is 1.82. The van der Waals surface area contributed by atoms with Crippen molar-refractivity contribution in [3.8, 4) is 0 Å². The first-order valence-electron chi connectivity index (χ1n) is 7.41. The summed E-state index contributed by atoms with van der Waals surface area (Å²) in [6.07, 6.45) is 0.367. The van der Waals surface area contributed by atoms with Crippen LogP contribution in [0, 0.1) is 6.92 Å². The Kier molecular flexibility index (Phi) is 5.03. The second-order valence-electron chi connectivity index (χ2n) is 5.44. The molecule has 1 atom stereocenters. The topological polar surface area (TPSA) is 49.4 Å². The van der Waals surface area contributed by atoms with Crippen LogP contribution in [0.5, 0.6) is 0 Å². The Bertz CT molecular complexity index is 700. The smallest absolute Gasteiger partial charge is 0.248 e. The number of aryl methyl sites for hydroxylation is 1. The molecule has 1 aromatic carbocycles. The maximum atomic E-state index is 12.6. The molecule has 0 aliphatic carbocycles. The van der Waals surface area contributed by atoms with Crippen molar-refractivity contribution in [2.75, 3.05) is 16.9 Å². The molecule has 3 rings (SSSR count). The Balaban J connectivity index is 1.67. The van der Waals surface area contributed by atoms with Gasteiger partial charge in [0.1, 0.15) is 6.04 Å². The van der Waals surface area contributed by atoms with E-state index in [0.29, 0.717) is 18.1 Å². The van der Waals surface area contributed by atoms with Crippen LogP contribution in [-0.2, 0) is 16.0 Å². The molecule has 0 saturated carbocycles. The van der Waals surface area contributed by atoms with Crippen LogP contribution in [0.15, 0.2) is 41.8 Å². The van der Waals surface area contributed by atoms with Crippen molar-refractivity contribution < 1.29 is 9.59 Å². The quantitative estimate of drug-likeness (QED) is 0.925. The molecule has 0 unspecified atom stereocenters. The normalized spacial score (nSPS) is 17.3. The second kappa shape index (κ2) is 7.19. The minimum atomic E-state index is -0.396. The molecule has 120 valence electrons. The van der Waals surface area contributed by atoms with Crippen molar-refractivity contribution in [1.82, 2.24) is 4.90 Å². The van der Waals surface area contributed by atoms with E-state index < -0.39 is 6.04 Å². The SMILES string of the molecule is Cc1ccccc1NC(=O)[C@@H]1CSCN1C(=O)Cc1cccs1. The van der Waals surface area contributed by atoms with Gasteiger partial charge in [-0.05, 0) is 30.0 Å². The minimum absolute atomic E-state index is 0.0161. The predicted molar refractivity (Wildman–Crippen MR) is 95.8 cm³/mol. The standard InChI is InChI=1S/C17H18N2O2S2/c1-12-5-2-3-7-14(12)18-17(21)15-10-22-11-19(15)16(20)9-13-6-4-8-23-13/h2-8,15H,9-11H2,1H3,(H,18,21)/t15-/m0/s1. The fourth-order valence-corrected chi connectivity index (χ4v) is 4.38. The Labute approximate surface area is 143 Å². The average molecular weight is 346 g/mol. The Hall–Kier alpha value is -1.79. The highest BCUT2D eigenvalue weighted by molar-refractivity contribution is 7.99. The van der Waals surface area contributed by atoms with E-state index in [0.717, 1.165) is 16.1 Å². The van der Waals surface area contributed by atoms with E-state index in [2.05, 4.69) is 5.32 Å². The molecular formula is C17H18N2O2S2. The number of nitrogens with zero attached hydrogens (tertiary/aromatic N) is 1. The van der Waals surface area contributed by atoms with Crippen molar-refractivity contribution in [2.45, 2.75) is 19.4 Å². The number of thiophene rings is 1. The zero-order valence-electron chi connectivity index (χ0n) is 12.8. The highest BCUT2D eigenvalue weighted by atomic mass is 32.2. The number of benzene rings is 1. The van der Waals surface area contributed by atoms with Crippen LogP contribution in [0.3, 0.4) is 0 Å². The fourth-order valence-electron chi connectivity index (χ4n) is 2.50. The number of para-hydroxylation sites is 1. The van der Waals surface area contributed by atoms with Gasteiger partial charge in [-0.3, -0.25) is 9.59 Å². The highest BCUT2D eigenvalue weighted by Crippen LogP contribution is 2.24. The number of hydrogen-bond donors (Lipinski definition) is 1. The van der Waals surface area contributed by atoms with Gasteiger partial charge >= 0.3 is 0 Å². The molecule has 1 aliphatic rings. The predicted octanol–water partition coefficient (Wildman–Crippen LogP) is 3.14. The van der Waals surface area contributed by atoms with Gasteiger partial charge in [0.15, 0.2) is 0 Å². The average Bonchev–Trinajstić information content (AvgIpc) is 3.20. The number of rotatable bonds is 4. The van der Waals surface area contributed by atoms with Gasteiger partial charge in [-0.15, -0.1) is 23.1 Å². The Morgan fingerprint density at radius 3 is 2.83 bits per heavy atom. The summed E-state index contributed by atoms with van der Waals surface area (Å²) in [5, 5.41) is 4.91. The van der Waals surface area contributed by atoms with Gasteiger partial charge in [0.25, 0.3) is 0 Å². The van der Waals surface area contributed by atoms with E-state index >= 15 is 0 Å². The summed E-state index contributed by atoms with van der Waals surface area (Å²) in [7, 11) is 0.